The van der Waals surface area contributed by atoms with Crippen LogP contribution in [0.3, 0.4) is 0 Å². The van der Waals surface area contributed by atoms with Gasteiger partial charge in [-0.25, -0.2) is 4.79 Å². The minimum atomic E-state index is -0.840. The highest BCUT2D eigenvalue weighted by Crippen LogP contribution is 2.43. The van der Waals surface area contributed by atoms with Crippen LogP contribution in [0.4, 0.5) is 4.79 Å². The van der Waals surface area contributed by atoms with Gasteiger partial charge in [0, 0.05) is 6.54 Å². The standard InChI is InChI=1S/C16H26N2O2/c1-15(2,3)16(9-7-13-18(16)14(19)20)8-6-12-17-10-4-5-11-17/h4-5,7,9-13H2,1-3H3,(H,19,20). The molecule has 0 aromatic rings. The quantitative estimate of drug-likeness (QED) is 0.750. The molecule has 2 saturated heterocycles. The molecule has 0 saturated carbocycles. The van der Waals surface area contributed by atoms with Gasteiger partial charge in [-0.15, -0.1) is 0 Å². The first-order chi connectivity index (χ1) is 9.37. The molecular weight excluding hydrogens is 252 g/mol. The summed E-state index contributed by atoms with van der Waals surface area (Å²) in [5.41, 5.74) is -0.696. The molecule has 0 aromatic heterocycles. The fourth-order valence-electron chi connectivity index (χ4n) is 3.41. The maximum atomic E-state index is 11.5. The third-order valence-corrected chi connectivity index (χ3v) is 4.65. The lowest BCUT2D eigenvalue weighted by molar-refractivity contribution is 0.0701. The van der Waals surface area contributed by atoms with Gasteiger partial charge in [-0.1, -0.05) is 32.6 Å². The van der Waals surface area contributed by atoms with Crippen LogP contribution in [-0.2, 0) is 0 Å². The van der Waals surface area contributed by atoms with Gasteiger partial charge in [0.05, 0.1) is 6.54 Å². The average molecular weight is 278 g/mol. The monoisotopic (exact) mass is 278 g/mol. The molecule has 0 aromatic carbocycles. The predicted molar refractivity (Wildman–Crippen MR) is 79.6 cm³/mol. The molecule has 2 heterocycles. The van der Waals surface area contributed by atoms with Crippen LogP contribution in [0.2, 0.25) is 0 Å². The van der Waals surface area contributed by atoms with Crippen LogP contribution in [0.5, 0.6) is 0 Å². The number of rotatable bonds is 1. The van der Waals surface area contributed by atoms with Crippen molar-refractivity contribution in [3.63, 3.8) is 0 Å². The molecule has 1 N–H and O–H groups in total. The lowest BCUT2D eigenvalue weighted by Gasteiger charge is -2.43. The van der Waals surface area contributed by atoms with Crippen LogP contribution in [0.15, 0.2) is 0 Å². The molecule has 0 radical (unpaired) electrons. The van der Waals surface area contributed by atoms with Gasteiger partial charge in [0.25, 0.3) is 0 Å². The van der Waals surface area contributed by atoms with Crippen LogP contribution in [0, 0.1) is 17.3 Å². The second-order valence-electron chi connectivity index (χ2n) is 6.93. The zero-order valence-corrected chi connectivity index (χ0v) is 12.9. The summed E-state index contributed by atoms with van der Waals surface area (Å²) in [6.07, 6.45) is 3.42. The van der Waals surface area contributed by atoms with Crippen molar-refractivity contribution in [1.82, 2.24) is 9.80 Å². The Balaban J connectivity index is 2.19. The van der Waals surface area contributed by atoms with E-state index >= 15 is 0 Å². The molecule has 0 aliphatic carbocycles. The molecule has 2 rings (SSSR count). The molecular formula is C16H26N2O2. The first-order valence-corrected chi connectivity index (χ1v) is 7.60. The molecule has 0 bridgehead atoms. The summed E-state index contributed by atoms with van der Waals surface area (Å²) >= 11 is 0. The zero-order valence-electron chi connectivity index (χ0n) is 12.9. The zero-order chi connectivity index (χ0) is 14.8. The van der Waals surface area contributed by atoms with Gasteiger partial charge in [0.15, 0.2) is 0 Å². The second kappa shape index (κ2) is 5.65. The number of likely N-dealkylation sites (tertiary alicyclic amines) is 2. The molecule has 2 aliphatic rings. The lowest BCUT2D eigenvalue weighted by atomic mass is 9.72. The summed E-state index contributed by atoms with van der Waals surface area (Å²) in [6.45, 7) is 9.91. The molecule has 1 atom stereocenters. The van der Waals surface area contributed by atoms with E-state index in [2.05, 4.69) is 37.5 Å². The Labute approximate surface area is 122 Å². The summed E-state index contributed by atoms with van der Waals surface area (Å²) < 4.78 is 0. The van der Waals surface area contributed by atoms with Crippen LogP contribution in [-0.4, -0.2) is 52.7 Å². The van der Waals surface area contributed by atoms with Crippen LogP contribution in [0.25, 0.3) is 0 Å². The Morgan fingerprint density at radius 2 is 1.85 bits per heavy atom. The normalized spacial score (nSPS) is 27.4. The molecule has 1 unspecified atom stereocenters. The average Bonchev–Trinajstić information content (AvgIpc) is 2.96. The van der Waals surface area contributed by atoms with E-state index in [-0.39, 0.29) is 5.41 Å². The van der Waals surface area contributed by atoms with Gasteiger partial charge in [-0.05, 0) is 44.2 Å². The highest BCUT2D eigenvalue weighted by Gasteiger charge is 2.50. The summed E-state index contributed by atoms with van der Waals surface area (Å²) in [7, 11) is 0. The molecule has 0 spiro atoms. The van der Waals surface area contributed by atoms with Gasteiger partial charge in [-0.2, -0.15) is 0 Å². The Morgan fingerprint density at radius 1 is 1.20 bits per heavy atom. The van der Waals surface area contributed by atoms with E-state index in [1.165, 1.54) is 12.8 Å². The maximum Gasteiger partial charge on any atom is 0.408 e. The maximum absolute atomic E-state index is 11.5. The van der Waals surface area contributed by atoms with E-state index in [1.807, 2.05) is 0 Å². The molecule has 2 fully saturated rings. The first kappa shape index (κ1) is 15.2. The van der Waals surface area contributed by atoms with Gasteiger partial charge in [-0.3, -0.25) is 9.80 Å². The molecule has 20 heavy (non-hydrogen) atoms. The number of hydrogen-bond acceptors (Lipinski definition) is 2. The van der Waals surface area contributed by atoms with Crippen molar-refractivity contribution >= 4 is 6.09 Å². The Bertz CT molecular complexity index is 424. The summed E-state index contributed by atoms with van der Waals surface area (Å²) in [5, 5.41) is 9.47. The van der Waals surface area contributed by atoms with Crippen molar-refractivity contribution in [2.45, 2.75) is 52.0 Å². The third kappa shape index (κ3) is 2.78. The van der Waals surface area contributed by atoms with E-state index in [0.717, 1.165) is 32.5 Å². The van der Waals surface area contributed by atoms with Crippen molar-refractivity contribution in [3.05, 3.63) is 0 Å². The summed E-state index contributed by atoms with van der Waals surface area (Å²) in [5.74, 6) is 6.62. The molecule has 4 heteroatoms. The van der Waals surface area contributed by atoms with Gasteiger partial charge in [0.1, 0.15) is 5.54 Å². The fourth-order valence-corrected chi connectivity index (χ4v) is 3.41. The summed E-state index contributed by atoms with van der Waals surface area (Å²) in [4.78, 5) is 15.4. The molecule has 4 nitrogen and oxygen atoms in total. The van der Waals surface area contributed by atoms with E-state index in [4.69, 9.17) is 0 Å². The van der Waals surface area contributed by atoms with E-state index in [9.17, 15) is 9.90 Å². The van der Waals surface area contributed by atoms with Crippen molar-refractivity contribution < 1.29 is 9.90 Å². The SMILES string of the molecule is CC(C)(C)C1(C#CCN2CCCC2)CCCN1C(=O)O. The van der Waals surface area contributed by atoms with Crippen LogP contribution < -0.4 is 0 Å². The minimum absolute atomic E-state index is 0.167. The molecule has 1 amide bonds. The van der Waals surface area contributed by atoms with Crippen LogP contribution in [0.1, 0.15) is 46.5 Å². The molecule has 112 valence electrons. The topological polar surface area (TPSA) is 43.8 Å². The van der Waals surface area contributed by atoms with E-state index < -0.39 is 11.6 Å². The van der Waals surface area contributed by atoms with Gasteiger partial charge in [0.2, 0.25) is 0 Å². The predicted octanol–water partition coefficient (Wildman–Crippen LogP) is 2.64. The number of carbonyl (C=O) groups is 1. The summed E-state index contributed by atoms with van der Waals surface area (Å²) in [6, 6.07) is 0. The van der Waals surface area contributed by atoms with Gasteiger partial charge < -0.3 is 5.11 Å². The largest absolute Gasteiger partial charge is 0.465 e. The Morgan fingerprint density at radius 3 is 2.40 bits per heavy atom. The first-order valence-electron chi connectivity index (χ1n) is 7.60. The highest BCUT2D eigenvalue weighted by molar-refractivity contribution is 5.68. The molecule has 2 aliphatic heterocycles. The smallest absolute Gasteiger partial charge is 0.408 e. The lowest BCUT2D eigenvalue weighted by Crippen LogP contribution is -2.54. The van der Waals surface area contributed by atoms with Crippen molar-refractivity contribution in [3.8, 4) is 11.8 Å². The fraction of sp³-hybridized carbons (Fsp3) is 0.812. The minimum Gasteiger partial charge on any atom is -0.465 e. The highest BCUT2D eigenvalue weighted by atomic mass is 16.4. The number of nitrogens with zero attached hydrogens (tertiary/aromatic N) is 2. The third-order valence-electron chi connectivity index (χ3n) is 4.65. The van der Waals surface area contributed by atoms with Gasteiger partial charge >= 0.3 is 6.09 Å². The van der Waals surface area contributed by atoms with Crippen molar-refractivity contribution in [2.75, 3.05) is 26.2 Å². The number of hydrogen-bond donors (Lipinski definition) is 1. The van der Waals surface area contributed by atoms with Crippen LogP contribution >= 0.6 is 0 Å². The van der Waals surface area contributed by atoms with Crippen molar-refractivity contribution in [1.29, 1.82) is 0 Å². The second-order valence-corrected chi connectivity index (χ2v) is 6.93. The van der Waals surface area contributed by atoms with Crippen molar-refractivity contribution in [2.24, 2.45) is 5.41 Å². The van der Waals surface area contributed by atoms with E-state index in [0.29, 0.717) is 6.54 Å². The number of amides is 1. The Kier molecular flexibility index (Phi) is 4.29. The number of carboxylic acid groups (broad SMARTS) is 1. The van der Waals surface area contributed by atoms with E-state index in [1.54, 1.807) is 4.90 Å². The Hall–Kier alpha value is -1.21.